The molecule has 2 aromatic heterocycles. The van der Waals surface area contributed by atoms with Gasteiger partial charge in [-0.1, -0.05) is 48.6 Å². The van der Waals surface area contributed by atoms with Crippen LogP contribution in [0.4, 0.5) is 5.69 Å². The zero-order chi connectivity index (χ0) is 17.2. The lowest BCUT2D eigenvalue weighted by atomic mass is 10.2. The van der Waals surface area contributed by atoms with E-state index in [9.17, 15) is 4.79 Å². The van der Waals surface area contributed by atoms with Crippen molar-refractivity contribution < 1.29 is 4.79 Å². The number of hydrogen-bond acceptors (Lipinski definition) is 5. The summed E-state index contributed by atoms with van der Waals surface area (Å²) in [6, 6.07) is 16.8. The Morgan fingerprint density at radius 3 is 2.76 bits per heavy atom. The molecule has 2 heterocycles. The van der Waals surface area contributed by atoms with Gasteiger partial charge in [-0.15, -0.1) is 10.2 Å². The maximum absolute atomic E-state index is 12.3. The Kier molecular flexibility index (Phi) is 3.99. The van der Waals surface area contributed by atoms with E-state index in [2.05, 4.69) is 20.6 Å². The zero-order valence-electron chi connectivity index (χ0n) is 13.5. The molecule has 0 aliphatic carbocycles. The van der Waals surface area contributed by atoms with Gasteiger partial charge in [0.15, 0.2) is 5.82 Å². The van der Waals surface area contributed by atoms with E-state index in [0.717, 1.165) is 33.5 Å². The predicted octanol–water partition coefficient (Wildman–Crippen LogP) is 3.67. The van der Waals surface area contributed by atoms with E-state index in [1.54, 1.807) is 16.6 Å². The van der Waals surface area contributed by atoms with Crippen LogP contribution in [-0.4, -0.2) is 25.7 Å². The molecule has 7 heteroatoms. The lowest BCUT2D eigenvalue weighted by Crippen LogP contribution is -2.11. The zero-order valence-corrected chi connectivity index (χ0v) is 14.3. The van der Waals surface area contributed by atoms with Crippen molar-refractivity contribution in [2.45, 2.75) is 13.3 Å². The van der Waals surface area contributed by atoms with Crippen molar-refractivity contribution in [1.82, 2.24) is 19.8 Å². The monoisotopic (exact) mass is 349 g/mol. The lowest BCUT2D eigenvalue weighted by Gasteiger charge is -2.06. The first kappa shape index (κ1) is 15.5. The molecule has 0 saturated heterocycles. The van der Waals surface area contributed by atoms with Gasteiger partial charge in [0.25, 0.3) is 5.91 Å². The highest BCUT2D eigenvalue weighted by Crippen LogP contribution is 2.27. The second-order valence-corrected chi connectivity index (χ2v) is 6.43. The van der Waals surface area contributed by atoms with E-state index in [-0.39, 0.29) is 5.91 Å². The number of hydrogen-bond donors (Lipinski definition) is 1. The number of aryl methyl sites for hydroxylation is 1. The highest BCUT2D eigenvalue weighted by atomic mass is 32.1. The summed E-state index contributed by atoms with van der Waals surface area (Å²) in [4.78, 5) is 13.1. The third-order valence-electron chi connectivity index (χ3n) is 3.78. The molecule has 0 fully saturated rings. The summed E-state index contributed by atoms with van der Waals surface area (Å²) < 4.78 is 1.77. The van der Waals surface area contributed by atoms with E-state index in [1.807, 2.05) is 49.4 Å². The van der Waals surface area contributed by atoms with Crippen LogP contribution in [0.5, 0.6) is 0 Å². The fourth-order valence-corrected chi connectivity index (χ4v) is 3.37. The highest BCUT2D eigenvalue weighted by molar-refractivity contribution is 7.19. The normalized spacial score (nSPS) is 10.9. The number of amides is 1. The molecule has 0 radical (unpaired) electrons. The minimum Gasteiger partial charge on any atom is -0.322 e. The van der Waals surface area contributed by atoms with Crippen LogP contribution < -0.4 is 5.32 Å². The van der Waals surface area contributed by atoms with Crippen LogP contribution in [0.1, 0.15) is 23.1 Å². The molecule has 0 aliphatic rings. The van der Waals surface area contributed by atoms with Crippen LogP contribution in [0.3, 0.4) is 0 Å². The molecule has 0 bridgehead atoms. The second-order valence-electron chi connectivity index (χ2n) is 5.47. The number of carbonyl (C=O) groups excluding carboxylic acids is 1. The average molecular weight is 349 g/mol. The number of aromatic nitrogens is 4. The second kappa shape index (κ2) is 6.45. The summed E-state index contributed by atoms with van der Waals surface area (Å²) in [6.45, 7) is 2.02. The Morgan fingerprint density at radius 2 is 1.96 bits per heavy atom. The van der Waals surface area contributed by atoms with Gasteiger partial charge in [-0.3, -0.25) is 4.79 Å². The van der Waals surface area contributed by atoms with Crippen molar-refractivity contribution >= 4 is 27.9 Å². The fraction of sp³-hybridized carbons (Fsp3) is 0.111. The number of fused-ring (bicyclic) bond motifs is 1. The van der Waals surface area contributed by atoms with Gasteiger partial charge >= 0.3 is 0 Å². The summed E-state index contributed by atoms with van der Waals surface area (Å²) in [5.41, 5.74) is 2.29. The van der Waals surface area contributed by atoms with E-state index in [1.165, 1.54) is 11.3 Å². The summed E-state index contributed by atoms with van der Waals surface area (Å²) in [5, 5.41) is 16.6. The number of rotatable bonds is 4. The third kappa shape index (κ3) is 3.01. The van der Waals surface area contributed by atoms with Gasteiger partial charge in [-0.05, 0) is 24.3 Å². The first-order valence-electron chi connectivity index (χ1n) is 7.92. The molecular formula is C18H15N5OS. The van der Waals surface area contributed by atoms with Crippen LogP contribution >= 0.6 is 11.3 Å². The number of benzene rings is 2. The molecule has 25 heavy (non-hydrogen) atoms. The molecule has 0 unspecified atom stereocenters. The highest BCUT2D eigenvalue weighted by Gasteiger charge is 2.12. The van der Waals surface area contributed by atoms with Crippen molar-refractivity contribution in [2.24, 2.45) is 0 Å². The molecule has 0 aliphatic heterocycles. The fourth-order valence-electron chi connectivity index (χ4n) is 2.52. The van der Waals surface area contributed by atoms with E-state index < -0.39 is 0 Å². The van der Waals surface area contributed by atoms with Crippen molar-refractivity contribution in [3.05, 3.63) is 66.0 Å². The largest absolute Gasteiger partial charge is 0.322 e. The molecule has 0 atom stereocenters. The Labute approximate surface area is 148 Å². The van der Waals surface area contributed by atoms with Gasteiger partial charge < -0.3 is 5.32 Å². The first-order valence-corrected chi connectivity index (χ1v) is 8.74. The van der Waals surface area contributed by atoms with Gasteiger partial charge in [0, 0.05) is 23.2 Å². The number of nitrogens with zero attached hydrogens (tertiary/aromatic N) is 4. The Bertz CT molecular complexity index is 1040. The summed E-state index contributed by atoms with van der Waals surface area (Å²) in [6.07, 6.45) is 0.775. The molecule has 0 spiro atoms. The predicted molar refractivity (Wildman–Crippen MR) is 97.9 cm³/mol. The number of anilines is 1. The summed E-state index contributed by atoms with van der Waals surface area (Å²) in [5.74, 6) is 0.704. The molecule has 4 rings (SSSR count). The average Bonchev–Trinajstić information content (AvgIpc) is 3.23. The van der Waals surface area contributed by atoms with E-state index >= 15 is 0 Å². The molecular weight excluding hydrogens is 334 g/mol. The van der Waals surface area contributed by atoms with Crippen LogP contribution in [0.25, 0.3) is 15.5 Å². The standard InChI is InChI=1S/C18H15N5OS/c1-2-15-20-21-18-23(15)22-17(25-18)13-9-6-10-14(11-13)19-16(24)12-7-4-3-5-8-12/h3-11H,2H2,1H3,(H,19,24). The smallest absolute Gasteiger partial charge is 0.255 e. The van der Waals surface area contributed by atoms with E-state index in [4.69, 9.17) is 0 Å². The number of carbonyl (C=O) groups is 1. The summed E-state index contributed by atoms with van der Waals surface area (Å²) >= 11 is 1.48. The molecule has 1 amide bonds. The lowest BCUT2D eigenvalue weighted by molar-refractivity contribution is 0.102. The quantitative estimate of drug-likeness (QED) is 0.610. The Hall–Kier alpha value is -3.06. The third-order valence-corrected chi connectivity index (χ3v) is 4.72. The van der Waals surface area contributed by atoms with Crippen molar-refractivity contribution in [3.63, 3.8) is 0 Å². The van der Waals surface area contributed by atoms with Crippen molar-refractivity contribution in [2.75, 3.05) is 5.32 Å². The molecule has 2 aromatic carbocycles. The SMILES string of the molecule is CCc1nnc2sc(-c3cccc(NC(=O)c4ccccc4)c3)nn12. The topological polar surface area (TPSA) is 72.2 Å². The molecule has 4 aromatic rings. The van der Waals surface area contributed by atoms with Crippen LogP contribution in [0, 0.1) is 0 Å². The van der Waals surface area contributed by atoms with Crippen molar-refractivity contribution in [1.29, 1.82) is 0 Å². The van der Waals surface area contributed by atoms with Gasteiger partial charge in [0.05, 0.1) is 0 Å². The minimum absolute atomic E-state index is 0.135. The molecule has 1 N–H and O–H groups in total. The minimum atomic E-state index is -0.135. The molecule has 6 nitrogen and oxygen atoms in total. The van der Waals surface area contributed by atoms with Gasteiger partial charge in [-0.25, -0.2) is 0 Å². The molecule has 0 saturated carbocycles. The van der Waals surface area contributed by atoms with Crippen LogP contribution in [0.2, 0.25) is 0 Å². The van der Waals surface area contributed by atoms with E-state index in [0.29, 0.717) is 5.56 Å². The maximum Gasteiger partial charge on any atom is 0.255 e. The van der Waals surface area contributed by atoms with Gasteiger partial charge in [0.1, 0.15) is 5.01 Å². The maximum atomic E-state index is 12.3. The van der Waals surface area contributed by atoms with Gasteiger partial charge in [-0.2, -0.15) is 9.61 Å². The first-order chi connectivity index (χ1) is 12.2. The van der Waals surface area contributed by atoms with Crippen molar-refractivity contribution in [3.8, 4) is 10.6 Å². The Balaban J connectivity index is 1.62. The Morgan fingerprint density at radius 1 is 1.12 bits per heavy atom. The number of nitrogens with one attached hydrogen (secondary N) is 1. The van der Waals surface area contributed by atoms with Crippen LogP contribution in [0.15, 0.2) is 54.6 Å². The van der Waals surface area contributed by atoms with Gasteiger partial charge in [0.2, 0.25) is 4.96 Å². The van der Waals surface area contributed by atoms with Crippen LogP contribution in [-0.2, 0) is 6.42 Å². The summed E-state index contributed by atoms with van der Waals surface area (Å²) in [7, 11) is 0. The molecule has 124 valence electrons.